The van der Waals surface area contributed by atoms with Gasteiger partial charge in [-0.3, -0.25) is 14.5 Å². The Balaban J connectivity index is 1.89. The number of carbonyl (C=O) groups is 3. The van der Waals surface area contributed by atoms with Crippen LogP contribution in [0.3, 0.4) is 0 Å². The fraction of sp³-hybridized carbons (Fsp3) is 0.167. The largest absolute Gasteiger partial charge is 0.301 e. The summed E-state index contributed by atoms with van der Waals surface area (Å²) < 4.78 is 13.0. The molecule has 4 nitrogen and oxygen atoms in total. The molecule has 0 spiro atoms. The Kier molecular flexibility index (Phi) is 4.02. The van der Waals surface area contributed by atoms with E-state index in [9.17, 15) is 18.8 Å². The van der Waals surface area contributed by atoms with Gasteiger partial charge >= 0.3 is 0 Å². The van der Waals surface area contributed by atoms with Crippen LogP contribution < -0.4 is 0 Å². The van der Waals surface area contributed by atoms with Crippen molar-refractivity contribution in [2.24, 2.45) is 0 Å². The number of hydrogen-bond donors (Lipinski definition) is 0. The summed E-state index contributed by atoms with van der Waals surface area (Å²) >= 11 is 0. The zero-order valence-electron chi connectivity index (χ0n) is 12.2. The molecule has 0 radical (unpaired) electrons. The summed E-state index contributed by atoms with van der Waals surface area (Å²) in [6, 6.07) is 4.74. The number of benzene rings is 1. The van der Waals surface area contributed by atoms with Crippen molar-refractivity contribution in [2.75, 3.05) is 0 Å². The second kappa shape index (κ2) is 6.12. The van der Waals surface area contributed by atoms with E-state index < -0.39 is 17.9 Å². The van der Waals surface area contributed by atoms with Crippen molar-refractivity contribution in [1.29, 1.82) is 0 Å². The number of carbonyl (C=O) groups excluding carboxylic acids is 3. The minimum absolute atomic E-state index is 0.164. The molecule has 5 heteroatoms. The van der Waals surface area contributed by atoms with E-state index in [1.165, 1.54) is 24.3 Å². The Bertz CT molecular complexity index is 759. The Morgan fingerprint density at radius 3 is 2.52 bits per heavy atom. The lowest BCUT2D eigenvalue weighted by atomic mass is 10.1. The van der Waals surface area contributed by atoms with E-state index in [0.29, 0.717) is 29.4 Å². The maximum atomic E-state index is 13.0. The first-order chi connectivity index (χ1) is 11.1. The van der Waals surface area contributed by atoms with Gasteiger partial charge < -0.3 is 4.79 Å². The van der Waals surface area contributed by atoms with E-state index in [1.807, 2.05) is 6.08 Å². The van der Waals surface area contributed by atoms with E-state index in [-0.39, 0.29) is 12.2 Å². The van der Waals surface area contributed by atoms with Gasteiger partial charge in [-0.15, -0.1) is 0 Å². The molecule has 2 aliphatic rings. The van der Waals surface area contributed by atoms with Crippen LogP contribution in [0.4, 0.5) is 4.39 Å². The maximum absolute atomic E-state index is 13.0. The first-order valence-electron chi connectivity index (χ1n) is 7.27. The smallest absolute Gasteiger partial charge is 0.262 e. The number of fused-ring (bicyclic) bond motifs is 1. The van der Waals surface area contributed by atoms with Crippen LogP contribution in [0.15, 0.2) is 59.7 Å². The van der Waals surface area contributed by atoms with Crippen LogP contribution in [0.5, 0.6) is 0 Å². The summed E-state index contributed by atoms with van der Waals surface area (Å²) in [7, 11) is 0. The molecule has 1 aromatic rings. The summed E-state index contributed by atoms with van der Waals surface area (Å²) in [6.45, 7) is 0. The fourth-order valence-electron chi connectivity index (χ4n) is 2.73. The SMILES string of the molecule is O=CC(Cc1ccc(F)cc1)N1C(=O)C2=CC=CCC=C2C1=O. The molecular weight excluding hydrogens is 297 g/mol. The van der Waals surface area contributed by atoms with Crippen LogP contribution >= 0.6 is 0 Å². The van der Waals surface area contributed by atoms with Crippen LogP contribution in [0, 0.1) is 5.82 Å². The number of allylic oxidation sites excluding steroid dienone is 4. The van der Waals surface area contributed by atoms with Gasteiger partial charge in [0.2, 0.25) is 0 Å². The monoisotopic (exact) mass is 311 g/mol. The molecule has 0 aromatic heterocycles. The van der Waals surface area contributed by atoms with Gasteiger partial charge in [-0.25, -0.2) is 4.39 Å². The summed E-state index contributed by atoms with van der Waals surface area (Å²) in [5.41, 5.74) is 1.33. The number of imide groups is 1. The first kappa shape index (κ1) is 15.1. The summed E-state index contributed by atoms with van der Waals surface area (Å²) in [6.07, 6.45) is 8.17. The third-order valence-electron chi connectivity index (χ3n) is 3.89. The number of rotatable bonds is 4. The minimum Gasteiger partial charge on any atom is -0.301 e. The molecule has 3 rings (SSSR count). The number of aldehydes is 1. The van der Waals surface area contributed by atoms with E-state index >= 15 is 0 Å². The Morgan fingerprint density at radius 2 is 1.83 bits per heavy atom. The molecule has 2 amide bonds. The van der Waals surface area contributed by atoms with Gasteiger partial charge in [0.15, 0.2) is 0 Å². The highest BCUT2D eigenvalue weighted by Crippen LogP contribution is 2.29. The third-order valence-corrected chi connectivity index (χ3v) is 3.89. The lowest BCUT2D eigenvalue weighted by molar-refractivity contribution is -0.141. The summed E-state index contributed by atoms with van der Waals surface area (Å²) in [5, 5.41) is 0. The first-order valence-corrected chi connectivity index (χ1v) is 7.27. The minimum atomic E-state index is -0.904. The number of nitrogens with zero attached hydrogens (tertiary/aromatic N) is 1. The fourth-order valence-corrected chi connectivity index (χ4v) is 2.73. The number of amides is 2. The van der Waals surface area contributed by atoms with E-state index in [0.717, 1.165) is 4.90 Å². The van der Waals surface area contributed by atoms with Crippen LogP contribution in [-0.4, -0.2) is 29.0 Å². The quantitative estimate of drug-likeness (QED) is 0.632. The Morgan fingerprint density at radius 1 is 1.13 bits per heavy atom. The molecule has 1 aliphatic heterocycles. The van der Waals surface area contributed by atoms with Gasteiger partial charge in [0.25, 0.3) is 11.8 Å². The van der Waals surface area contributed by atoms with E-state index in [4.69, 9.17) is 0 Å². The van der Waals surface area contributed by atoms with Gasteiger partial charge in [0.05, 0.1) is 11.6 Å². The van der Waals surface area contributed by atoms with Gasteiger partial charge in [-0.2, -0.15) is 0 Å². The topological polar surface area (TPSA) is 54.5 Å². The van der Waals surface area contributed by atoms with Crippen LogP contribution in [-0.2, 0) is 20.8 Å². The highest BCUT2D eigenvalue weighted by atomic mass is 19.1. The van der Waals surface area contributed by atoms with Crippen molar-refractivity contribution < 1.29 is 18.8 Å². The van der Waals surface area contributed by atoms with Crippen LogP contribution in [0.2, 0.25) is 0 Å². The molecule has 1 saturated heterocycles. The number of hydrogen-bond acceptors (Lipinski definition) is 3. The Labute approximate surface area is 132 Å². The lowest BCUT2D eigenvalue weighted by Gasteiger charge is -2.20. The van der Waals surface area contributed by atoms with Crippen molar-refractivity contribution in [3.63, 3.8) is 0 Å². The average molecular weight is 311 g/mol. The highest BCUT2D eigenvalue weighted by molar-refractivity contribution is 6.25. The second-order valence-corrected chi connectivity index (χ2v) is 5.38. The zero-order valence-corrected chi connectivity index (χ0v) is 12.2. The lowest BCUT2D eigenvalue weighted by Crippen LogP contribution is -2.42. The standard InChI is InChI=1S/C18H14FNO3/c19-13-8-6-12(7-9-13)10-14(11-21)20-17(22)15-4-2-1-3-5-16(15)18(20)23/h1-2,4-9,11,14H,3,10H2. The molecule has 1 fully saturated rings. The number of halogens is 1. The third kappa shape index (κ3) is 2.77. The molecular formula is C18H14FNO3. The van der Waals surface area contributed by atoms with Gasteiger partial charge in [-0.1, -0.05) is 30.4 Å². The van der Waals surface area contributed by atoms with Gasteiger partial charge in [0.1, 0.15) is 12.1 Å². The van der Waals surface area contributed by atoms with Crippen molar-refractivity contribution >= 4 is 18.1 Å². The van der Waals surface area contributed by atoms with Crippen LogP contribution in [0.1, 0.15) is 12.0 Å². The molecule has 0 bridgehead atoms. The van der Waals surface area contributed by atoms with Crippen LogP contribution in [0.25, 0.3) is 0 Å². The second-order valence-electron chi connectivity index (χ2n) is 5.38. The highest BCUT2D eigenvalue weighted by Gasteiger charge is 2.42. The van der Waals surface area contributed by atoms with Crippen molar-refractivity contribution in [2.45, 2.75) is 18.9 Å². The summed E-state index contributed by atoms with van der Waals surface area (Å²) in [5.74, 6) is -1.30. The molecule has 1 heterocycles. The van der Waals surface area contributed by atoms with Gasteiger partial charge in [0, 0.05) is 12.0 Å². The number of likely N-dealkylation sites (tertiary alicyclic amines) is 1. The molecule has 1 atom stereocenters. The normalized spacial score (nSPS) is 18.2. The van der Waals surface area contributed by atoms with Crippen molar-refractivity contribution in [1.82, 2.24) is 4.90 Å². The van der Waals surface area contributed by atoms with E-state index in [1.54, 1.807) is 18.2 Å². The molecule has 0 N–H and O–H groups in total. The predicted molar refractivity (Wildman–Crippen MR) is 81.7 cm³/mol. The van der Waals surface area contributed by atoms with Crippen molar-refractivity contribution in [3.05, 3.63) is 71.1 Å². The molecule has 0 saturated carbocycles. The summed E-state index contributed by atoms with van der Waals surface area (Å²) in [4.78, 5) is 37.4. The maximum Gasteiger partial charge on any atom is 0.262 e. The molecule has 1 unspecified atom stereocenters. The van der Waals surface area contributed by atoms with Crippen molar-refractivity contribution in [3.8, 4) is 0 Å². The van der Waals surface area contributed by atoms with Gasteiger partial charge in [-0.05, 0) is 30.2 Å². The Hall–Kier alpha value is -2.82. The zero-order chi connectivity index (χ0) is 16.4. The predicted octanol–water partition coefficient (Wildman–Crippen LogP) is 2.12. The molecule has 1 aromatic carbocycles. The molecule has 1 aliphatic carbocycles. The van der Waals surface area contributed by atoms with E-state index in [2.05, 4.69) is 0 Å². The molecule has 23 heavy (non-hydrogen) atoms. The molecule has 116 valence electrons. The average Bonchev–Trinajstić information content (AvgIpc) is 2.74.